The first-order chi connectivity index (χ1) is 13.7. The van der Waals surface area contributed by atoms with Crippen molar-refractivity contribution in [3.05, 3.63) is 75.7 Å². The molecule has 0 aliphatic heterocycles. The van der Waals surface area contributed by atoms with Gasteiger partial charge in [-0.05, 0) is 36.2 Å². The lowest BCUT2D eigenvalue weighted by molar-refractivity contribution is 0.297. The predicted octanol–water partition coefficient (Wildman–Crippen LogP) is 2.55. The van der Waals surface area contributed by atoms with E-state index in [0.29, 0.717) is 23.8 Å². The van der Waals surface area contributed by atoms with Crippen molar-refractivity contribution in [3.63, 3.8) is 0 Å². The molecule has 8 heteroatoms. The lowest BCUT2D eigenvalue weighted by atomic mass is 10.2. The van der Waals surface area contributed by atoms with Crippen LogP contribution in [0.3, 0.4) is 0 Å². The summed E-state index contributed by atoms with van der Waals surface area (Å²) in [6, 6.07) is 15.6. The summed E-state index contributed by atoms with van der Waals surface area (Å²) in [6.07, 6.45) is 2.39. The lowest BCUT2D eigenvalue weighted by Gasteiger charge is -2.11. The van der Waals surface area contributed by atoms with Crippen molar-refractivity contribution in [1.29, 1.82) is 0 Å². The van der Waals surface area contributed by atoms with Crippen LogP contribution >= 0.6 is 0 Å². The maximum absolute atomic E-state index is 11.5. The van der Waals surface area contributed by atoms with Crippen molar-refractivity contribution in [1.82, 2.24) is 15.2 Å². The van der Waals surface area contributed by atoms with Crippen LogP contribution in [-0.4, -0.2) is 35.1 Å². The van der Waals surface area contributed by atoms with Crippen molar-refractivity contribution in [3.8, 4) is 11.5 Å². The molecule has 0 saturated carbocycles. The zero-order valence-corrected chi connectivity index (χ0v) is 15.7. The van der Waals surface area contributed by atoms with Crippen LogP contribution in [0.1, 0.15) is 16.8 Å². The summed E-state index contributed by atoms with van der Waals surface area (Å²) < 4.78 is 11.2. The standard InChI is InChI=1S/C20H21N5O3/c1-14-19(26)22-20(25-23-14)24-21-13-16-8-9-17(18(12-16)27-2)28-11-10-15-6-4-3-5-7-15/h3-9,12-13H,10-11H2,1-2H3,(H2,22,24,25,26)/b21-13+. The van der Waals surface area contributed by atoms with Gasteiger partial charge in [0, 0.05) is 6.42 Å². The number of aromatic nitrogens is 3. The molecule has 144 valence electrons. The Morgan fingerprint density at radius 2 is 1.96 bits per heavy atom. The van der Waals surface area contributed by atoms with Crippen LogP contribution in [0.15, 0.2) is 58.4 Å². The Kier molecular flexibility index (Phi) is 6.35. The quantitative estimate of drug-likeness (QED) is 0.461. The average Bonchev–Trinajstić information content (AvgIpc) is 2.72. The van der Waals surface area contributed by atoms with E-state index in [-0.39, 0.29) is 11.5 Å². The number of anilines is 1. The third-order valence-corrected chi connectivity index (χ3v) is 3.92. The molecule has 2 aromatic carbocycles. The number of nitrogens with zero attached hydrogens (tertiary/aromatic N) is 3. The molecule has 0 radical (unpaired) electrons. The van der Waals surface area contributed by atoms with E-state index in [1.807, 2.05) is 36.4 Å². The molecule has 0 fully saturated rings. The van der Waals surface area contributed by atoms with Gasteiger partial charge in [0.15, 0.2) is 11.5 Å². The molecule has 0 unspecified atom stereocenters. The summed E-state index contributed by atoms with van der Waals surface area (Å²) in [4.78, 5) is 14.0. The SMILES string of the molecule is COc1cc(/C=N/Nc2nnc(C)c(=O)[nH]2)ccc1OCCc1ccccc1. The Labute approximate surface area is 162 Å². The summed E-state index contributed by atoms with van der Waals surface area (Å²) in [5.41, 5.74) is 4.62. The van der Waals surface area contributed by atoms with Gasteiger partial charge in [-0.25, -0.2) is 5.43 Å². The second-order valence-electron chi connectivity index (χ2n) is 5.95. The van der Waals surface area contributed by atoms with E-state index in [2.05, 4.69) is 37.8 Å². The summed E-state index contributed by atoms with van der Waals surface area (Å²) in [7, 11) is 1.59. The van der Waals surface area contributed by atoms with E-state index >= 15 is 0 Å². The van der Waals surface area contributed by atoms with Crippen LogP contribution in [-0.2, 0) is 6.42 Å². The van der Waals surface area contributed by atoms with E-state index in [4.69, 9.17) is 9.47 Å². The fraction of sp³-hybridized carbons (Fsp3) is 0.200. The first kappa shape index (κ1) is 19.1. The highest BCUT2D eigenvalue weighted by atomic mass is 16.5. The van der Waals surface area contributed by atoms with Crippen molar-refractivity contribution in [2.75, 3.05) is 19.1 Å². The first-order valence-electron chi connectivity index (χ1n) is 8.73. The summed E-state index contributed by atoms with van der Waals surface area (Å²) in [5.74, 6) is 1.44. The predicted molar refractivity (Wildman–Crippen MR) is 107 cm³/mol. The smallest absolute Gasteiger partial charge is 0.274 e. The Hall–Kier alpha value is -3.68. The molecule has 0 atom stereocenters. The second-order valence-corrected chi connectivity index (χ2v) is 5.95. The molecule has 0 amide bonds. The first-order valence-corrected chi connectivity index (χ1v) is 8.73. The molecular weight excluding hydrogens is 358 g/mol. The average molecular weight is 379 g/mol. The number of hydrogen-bond donors (Lipinski definition) is 2. The molecule has 0 aliphatic rings. The minimum absolute atomic E-state index is 0.166. The minimum Gasteiger partial charge on any atom is -0.493 e. The Morgan fingerprint density at radius 3 is 2.71 bits per heavy atom. The molecule has 0 spiro atoms. The number of methoxy groups -OCH3 is 1. The number of nitrogens with one attached hydrogen (secondary N) is 2. The van der Waals surface area contributed by atoms with Gasteiger partial charge in [0.05, 0.1) is 19.9 Å². The lowest BCUT2D eigenvalue weighted by Crippen LogP contribution is -2.15. The molecular formula is C20H21N5O3. The normalized spacial score (nSPS) is 10.8. The van der Waals surface area contributed by atoms with Crippen molar-refractivity contribution >= 4 is 12.2 Å². The number of aromatic amines is 1. The van der Waals surface area contributed by atoms with Gasteiger partial charge < -0.3 is 9.47 Å². The van der Waals surface area contributed by atoms with Gasteiger partial charge in [-0.15, -0.1) is 10.2 Å². The number of aryl methyl sites for hydroxylation is 1. The topological polar surface area (TPSA) is 101 Å². The number of hydrazone groups is 1. The Balaban J connectivity index is 1.60. The minimum atomic E-state index is -0.314. The monoisotopic (exact) mass is 379 g/mol. The highest BCUT2D eigenvalue weighted by Crippen LogP contribution is 2.27. The van der Waals surface area contributed by atoms with E-state index in [0.717, 1.165) is 12.0 Å². The largest absolute Gasteiger partial charge is 0.493 e. The van der Waals surface area contributed by atoms with Crippen LogP contribution in [0.5, 0.6) is 11.5 Å². The van der Waals surface area contributed by atoms with Crippen molar-refractivity contribution in [2.45, 2.75) is 13.3 Å². The molecule has 8 nitrogen and oxygen atoms in total. The highest BCUT2D eigenvalue weighted by molar-refractivity contribution is 5.81. The van der Waals surface area contributed by atoms with Gasteiger partial charge >= 0.3 is 0 Å². The maximum atomic E-state index is 11.5. The van der Waals surface area contributed by atoms with E-state index in [1.54, 1.807) is 20.2 Å². The summed E-state index contributed by atoms with van der Waals surface area (Å²) in [6.45, 7) is 2.13. The number of H-pyrrole nitrogens is 1. The molecule has 0 bridgehead atoms. The molecule has 0 saturated heterocycles. The fourth-order valence-corrected chi connectivity index (χ4v) is 2.42. The fourth-order valence-electron chi connectivity index (χ4n) is 2.42. The van der Waals surface area contributed by atoms with Crippen LogP contribution in [0.25, 0.3) is 0 Å². The third kappa shape index (κ3) is 5.16. The molecule has 3 aromatic rings. The summed E-state index contributed by atoms with van der Waals surface area (Å²) in [5, 5.41) is 11.6. The highest BCUT2D eigenvalue weighted by Gasteiger charge is 2.05. The van der Waals surface area contributed by atoms with Crippen molar-refractivity contribution < 1.29 is 9.47 Å². The van der Waals surface area contributed by atoms with E-state index in [1.165, 1.54) is 5.56 Å². The number of benzene rings is 2. The zero-order chi connectivity index (χ0) is 19.8. The van der Waals surface area contributed by atoms with Gasteiger partial charge in [0.25, 0.3) is 5.56 Å². The van der Waals surface area contributed by atoms with E-state index < -0.39 is 0 Å². The van der Waals surface area contributed by atoms with Gasteiger partial charge in [-0.1, -0.05) is 30.3 Å². The van der Waals surface area contributed by atoms with Crippen LogP contribution in [0, 0.1) is 6.92 Å². The molecule has 28 heavy (non-hydrogen) atoms. The molecule has 1 aromatic heterocycles. The number of rotatable bonds is 8. The van der Waals surface area contributed by atoms with E-state index in [9.17, 15) is 4.79 Å². The number of ether oxygens (including phenoxy) is 2. The summed E-state index contributed by atoms with van der Waals surface area (Å²) >= 11 is 0. The van der Waals surface area contributed by atoms with Gasteiger partial charge in [-0.2, -0.15) is 5.10 Å². The van der Waals surface area contributed by atoms with Gasteiger partial charge in [-0.3, -0.25) is 9.78 Å². The maximum Gasteiger partial charge on any atom is 0.274 e. The molecule has 3 rings (SSSR count). The van der Waals surface area contributed by atoms with Gasteiger partial charge in [0.2, 0.25) is 5.95 Å². The molecule has 0 aliphatic carbocycles. The Bertz CT molecular complexity index is 1000. The van der Waals surface area contributed by atoms with Gasteiger partial charge in [0.1, 0.15) is 5.69 Å². The third-order valence-electron chi connectivity index (χ3n) is 3.92. The zero-order valence-electron chi connectivity index (χ0n) is 15.7. The molecule has 1 heterocycles. The van der Waals surface area contributed by atoms with Crippen LogP contribution in [0.4, 0.5) is 5.95 Å². The molecule has 2 N–H and O–H groups in total. The number of hydrogen-bond acceptors (Lipinski definition) is 7. The second kappa shape index (κ2) is 9.31. The van der Waals surface area contributed by atoms with Crippen molar-refractivity contribution in [2.24, 2.45) is 5.10 Å². The Morgan fingerprint density at radius 1 is 1.14 bits per heavy atom. The van der Waals surface area contributed by atoms with Crippen LogP contribution in [0.2, 0.25) is 0 Å². The van der Waals surface area contributed by atoms with Crippen LogP contribution < -0.4 is 20.5 Å².